The number of nitrogens with two attached hydrogens (primary N) is 1. The highest BCUT2D eigenvalue weighted by atomic mass is 35.5. The van der Waals surface area contributed by atoms with E-state index >= 15 is 4.39 Å². The average molecular weight is 619 g/mol. The van der Waals surface area contributed by atoms with Crippen molar-refractivity contribution in [1.82, 2.24) is 24.0 Å². The lowest BCUT2D eigenvalue weighted by Crippen LogP contribution is -2.50. The van der Waals surface area contributed by atoms with E-state index < -0.39 is 63.4 Å². The normalized spacial score (nSPS) is 15.7. The molecule has 0 spiro atoms. The number of anilines is 2. The lowest BCUT2D eigenvalue weighted by atomic mass is 10.0. The molecule has 12 nitrogen and oxygen atoms in total. The van der Waals surface area contributed by atoms with E-state index in [0.29, 0.717) is 12.6 Å². The fourth-order valence-electron chi connectivity index (χ4n) is 5.18. The fourth-order valence-corrected chi connectivity index (χ4v) is 5.32. The van der Waals surface area contributed by atoms with Gasteiger partial charge >= 0.3 is 0 Å². The van der Waals surface area contributed by atoms with E-state index in [1.807, 2.05) is 18.9 Å². The van der Waals surface area contributed by atoms with Crippen LogP contribution >= 0.6 is 11.6 Å². The third kappa shape index (κ3) is 5.36. The minimum absolute atomic E-state index is 0.00827. The van der Waals surface area contributed by atoms with Crippen molar-refractivity contribution in [2.45, 2.75) is 19.5 Å². The van der Waals surface area contributed by atoms with Gasteiger partial charge in [-0.05, 0) is 20.0 Å². The minimum atomic E-state index is -1.43. The highest BCUT2D eigenvalue weighted by Crippen LogP contribution is 2.36. The van der Waals surface area contributed by atoms with Crippen molar-refractivity contribution < 1.29 is 27.9 Å². The molecule has 5 rings (SSSR count). The zero-order chi connectivity index (χ0) is 31.3. The van der Waals surface area contributed by atoms with Gasteiger partial charge in [0, 0.05) is 56.1 Å². The molecule has 4 N–H and O–H groups in total. The van der Waals surface area contributed by atoms with E-state index in [0.717, 1.165) is 17.7 Å². The number of nitrogens with one attached hydrogen (secondary N) is 1. The van der Waals surface area contributed by atoms with Crippen LogP contribution in [0.3, 0.4) is 0 Å². The third-order valence-electron chi connectivity index (χ3n) is 7.28. The Bertz CT molecular complexity index is 1860. The zero-order valence-corrected chi connectivity index (χ0v) is 23.9. The molecule has 2 amide bonds. The molecule has 0 aliphatic carbocycles. The standard InChI is InChI=1S/C27H26ClF3N8O4/c1-12-8-36(2)4-5-39(12)17-7-16(21(28)24(31)35-17)34-18(40)10-38-9-14(19-26(38)33-11-37(3)27(19)43)13-6-15(29)23(41)20(22(13)30)25(32)42/h6-7,9,11-12,41H,4-5,8,10H2,1-3H3,(H2,32,42)(H,34,35,40)/t12-/m0/s1. The van der Waals surface area contributed by atoms with Crippen molar-refractivity contribution in [1.29, 1.82) is 0 Å². The van der Waals surface area contributed by atoms with E-state index in [9.17, 15) is 28.3 Å². The van der Waals surface area contributed by atoms with Crippen molar-refractivity contribution in [2.75, 3.05) is 36.9 Å². The number of hydrogen-bond donors (Lipinski definition) is 3. The van der Waals surface area contributed by atoms with Crippen molar-refractivity contribution in [2.24, 2.45) is 12.8 Å². The first-order chi connectivity index (χ1) is 20.3. The molecule has 1 saturated heterocycles. The molecule has 43 heavy (non-hydrogen) atoms. The van der Waals surface area contributed by atoms with Crippen LogP contribution in [-0.2, 0) is 18.4 Å². The van der Waals surface area contributed by atoms with Crippen LogP contribution in [0.1, 0.15) is 17.3 Å². The second-order valence-corrected chi connectivity index (χ2v) is 10.7. The number of pyridine rings is 1. The summed E-state index contributed by atoms with van der Waals surface area (Å²) in [4.78, 5) is 50.2. The number of piperazine rings is 1. The Morgan fingerprint density at radius 1 is 1.19 bits per heavy atom. The Morgan fingerprint density at radius 2 is 1.91 bits per heavy atom. The molecule has 1 fully saturated rings. The number of phenols is 1. The highest BCUT2D eigenvalue weighted by Gasteiger charge is 2.28. The summed E-state index contributed by atoms with van der Waals surface area (Å²) in [6, 6.07) is 2.07. The number of fused-ring (bicyclic) bond motifs is 1. The van der Waals surface area contributed by atoms with Gasteiger partial charge in [0.25, 0.3) is 11.5 Å². The van der Waals surface area contributed by atoms with E-state index in [2.05, 4.69) is 20.2 Å². The number of carbonyl (C=O) groups excluding carboxylic acids is 2. The van der Waals surface area contributed by atoms with Gasteiger partial charge in [-0.1, -0.05) is 11.6 Å². The maximum Gasteiger partial charge on any atom is 0.263 e. The van der Waals surface area contributed by atoms with Gasteiger partial charge in [-0.15, -0.1) is 0 Å². The monoisotopic (exact) mass is 618 g/mol. The number of aryl methyl sites for hydroxylation is 1. The van der Waals surface area contributed by atoms with Gasteiger partial charge < -0.3 is 35.1 Å². The number of likely N-dealkylation sites (N-methyl/N-ethyl adjacent to an activating group) is 1. The number of aromatic hydroxyl groups is 1. The van der Waals surface area contributed by atoms with Gasteiger partial charge in [-0.25, -0.2) is 18.7 Å². The number of amides is 2. The highest BCUT2D eigenvalue weighted by molar-refractivity contribution is 6.33. The summed E-state index contributed by atoms with van der Waals surface area (Å²) in [5.74, 6) is -6.85. The molecular formula is C27H26ClF3N8O4. The molecule has 3 aromatic heterocycles. The number of aromatic nitrogens is 4. The summed E-state index contributed by atoms with van der Waals surface area (Å²) >= 11 is 6.14. The molecule has 0 saturated carbocycles. The van der Waals surface area contributed by atoms with Crippen molar-refractivity contribution >= 4 is 46.0 Å². The molecule has 0 radical (unpaired) electrons. The van der Waals surface area contributed by atoms with Crippen LogP contribution in [0.15, 0.2) is 29.5 Å². The molecule has 4 heterocycles. The Kier molecular flexibility index (Phi) is 7.79. The predicted molar refractivity (Wildman–Crippen MR) is 153 cm³/mol. The minimum Gasteiger partial charge on any atom is -0.504 e. The SMILES string of the molecule is C[C@H]1CN(C)CCN1c1cc(NC(=O)Cn2cc(-c3cc(F)c(O)c(C(N)=O)c3F)c3c(=O)n(C)cnc32)c(Cl)c(F)n1. The predicted octanol–water partition coefficient (Wildman–Crippen LogP) is 2.45. The molecule has 16 heteroatoms. The number of halogens is 4. The molecule has 226 valence electrons. The van der Waals surface area contributed by atoms with Gasteiger partial charge in [0.05, 0.1) is 17.4 Å². The zero-order valence-electron chi connectivity index (χ0n) is 23.2. The second kappa shape index (κ2) is 11.2. The quantitative estimate of drug-likeness (QED) is 0.279. The van der Waals surface area contributed by atoms with Crippen LogP contribution < -0.4 is 21.5 Å². The van der Waals surface area contributed by atoms with Crippen molar-refractivity contribution in [3.63, 3.8) is 0 Å². The number of primary amides is 1. The molecule has 1 aliphatic heterocycles. The Balaban J connectivity index is 1.53. The van der Waals surface area contributed by atoms with Gasteiger partial charge in [0.15, 0.2) is 11.6 Å². The topological polar surface area (TPSA) is 152 Å². The number of hydrogen-bond acceptors (Lipinski definition) is 8. The molecule has 0 bridgehead atoms. The van der Waals surface area contributed by atoms with Gasteiger partial charge in [0.2, 0.25) is 11.9 Å². The van der Waals surface area contributed by atoms with Crippen LogP contribution in [0.5, 0.6) is 5.75 Å². The van der Waals surface area contributed by atoms with Crippen molar-refractivity contribution in [3.8, 4) is 16.9 Å². The molecular weight excluding hydrogens is 593 g/mol. The van der Waals surface area contributed by atoms with Crippen LogP contribution in [0.25, 0.3) is 22.2 Å². The van der Waals surface area contributed by atoms with E-state index in [1.165, 1.54) is 30.2 Å². The van der Waals surface area contributed by atoms with E-state index in [1.54, 1.807) is 0 Å². The second-order valence-electron chi connectivity index (χ2n) is 10.3. The number of carbonyl (C=O) groups is 2. The first-order valence-electron chi connectivity index (χ1n) is 12.9. The largest absolute Gasteiger partial charge is 0.504 e. The molecule has 1 aromatic carbocycles. The number of nitrogens with zero attached hydrogens (tertiary/aromatic N) is 6. The Labute approximate surface area is 247 Å². The fraction of sp³-hybridized carbons (Fsp3) is 0.296. The summed E-state index contributed by atoms with van der Waals surface area (Å²) in [7, 11) is 3.35. The lowest BCUT2D eigenvalue weighted by Gasteiger charge is -2.39. The maximum atomic E-state index is 15.4. The Hall–Kier alpha value is -4.63. The van der Waals surface area contributed by atoms with Crippen molar-refractivity contribution in [3.05, 3.63) is 63.2 Å². The van der Waals surface area contributed by atoms with Gasteiger partial charge in [-0.3, -0.25) is 14.4 Å². The smallest absolute Gasteiger partial charge is 0.263 e. The molecule has 0 unspecified atom stereocenters. The summed E-state index contributed by atoms with van der Waals surface area (Å²) in [6.45, 7) is 3.46. The molecule has 4 aromatic rings. The van der Waals surface area contributed by atoms with Crippen LogP contribution in [0, 0.1) is 17.6 Å². The average Bonchev–Trinajstić information content (AvgIpc) is 3.29. The van der Waals surface area contributed by atoms with E-state index in [4.69, 9.17) is 17.3 Å². The first kappa shape index (κ1) is 29.8. The molecule has 1 atom stereocenters. The summed E-state index contributed by atoms with van der Waals surface area (Å²) in [6.07, 6.45) is 2.34. The Morgan fingerprint density at radius 3 is 2.58 bits per heavy atom. The van der Waals surface area contributed by atoms with E-state index in [-0.39, 0.29) is 34.1 Å². The van der Waals surface area contributed by atoms with Crippen LogP contribution in [0.2, 0.25) is 5.02 Å². The first-order valence-corrected chi connectivity index (χ1v) is 13.3. The van der Waals surface area contributed by atoms with Gasteiger partial charge in [0.1, 0.15) is 34.4 Å². The summed E-state index contributed by atoms with van der Waals surface area (Å²) < 4.78 is 46.9. The van der Waals surface area contributed by atoms with Gasteiger partial charge in [-0.2, -0.15) is 4.39 Å². The van der Waals surface area contributed by atoms with Crippen LogP contribution in [-0.4, -0.2) is 73.6 Å². The number of rotatable bonds is 6. The number of benzene rings is 1. The maximum absolute atomic E-state index is 15.4. The third-order valence-corrected chi connectivity index (χ3v) is 7.64. The van der Waals surface area contributed by atoms with Crippen LogP contribution in [0.4, 0.5) is 24.7 Å². The molecule has 1 aliphatic rings. The summed E-state index contributed by atoms with van der Waals surface area (Å²) in [5, 5.41) is 11.8. The lowest BCUT2D eigenvalue weighted by molar-refractivity contribution is -0.116. The summed E-state index contributed by atoms with van der Waals surface area (Å²) in [5.41, 5.74) is 2.49.